The van der Waals surface area contributed by atoms with Crippen LogP contribution in [0.25, 0.3) is 0 Å². The van der Waals surface area contributed by atoms with Crippen molar-refractivity contribution in [1.29, 1.82) is 5.41 Å². The first-order valence-corrected chi connectivity index (χ1v) is 6.64. The lowest BCUT2D eigenvalue weighted by molar-refractivity contribution is 0.0724. The summed E-state index contributed by atoms with van der Waals surface area (Å²) in [6.07, 6.45) is 3.73. The number of nitrogens with two attached hydrogens (primary N) is 1. The number of amidine groups is 1. The number of nitrogens with zero attached hydrogens (tertiary/aromatic N) is 1. The molecule has 4 heteroatoms. The van der Waals surface area contributed by atoms with Crippen LogP contribution in [0.3, 0.4) is 0 Å². The molecular formula is C13H27N3O. The Bertz CT molecular complexity index is 247. The maximum absolute atomic E-state index is 7.56. The van der Waals surface area contributed by atoms with E-state index in [0.717, 1.165) is 32.7 Å². The second-order valence-corrected chi connectivity index (χ2v) is 5.58. The normalized spacial score (nSPS) is 21.1. The molecule has 0 aromatic carbocycles. The molecule has 1 rings (SSSR count). The molecule has 0 aromatic rings. The van der Waals surface area contributed by atoms with E-state index in [9.17, 15) is 0 Å². The van der Waals surface area contributed by atoms with Gasteiger partial charge in [-0.25, -0.2) is 0 Å². The fourth-order valence-electron chi connectivity index (χ4n) is 2.03. The van der Waals surface area contributed by atoms with Crippen LogP contribution in [0, 0.1) is 10.8 Å². The summed E-state index contributed by atoms with van der Waals surface area (Å²) in [5.41, 5.74) is 5.41. The Morgan fingerprint density at radius 3 is 2.71 bits per heavy atom. The number of hydrogen-bond donors (Lipinski definition) is 2. The van der Waals surface area contributed by atoms with Crippen molar-refractivity contribution in [1.82, 2.24) is 4.90 Å². The molecule has 0 aromatic heterocycles. The Labute approximate surface area is 105 Å². The van der Waals surface area contributed by atoms with Gasteiger partial charge in [0.15, 0.2) is 0 Å². The zero-order valence-corrected chi connectivity index (χ0v) is 11.5. The smallest absolute Gasteiger partial charge is 0.0963 e. The van der Waals surface area contributed by atoms with Crippen LogP contribution in [0.4, 0.5) is 0 Å². The third kappa shape index (κ3) is 4.64. The van der Waals surface area contributed by atoms with E-state index in [4.69, 9.17) is 15.9 Å². The Balaban J connectivity index is 2.33. The first kappa shape index (κ1) is 14.5. The van der Waals surface area contributed by atoms with Crippen molar-refractivity contribution in [3.63, 3.8) is 0 Å². The highest BCUT2D eigenvalue weighted by atomic mass is 16.5. The van der Waals surface area contributed by atoms with E-state index in [1.165, 1.54) is 12.8 Å². The third-order valence-electron chi connectivity index (χ3n) is 3.72. The molecule has 1 aliphatic rings. The molecular weight excluding hydrogens is 214 g/mol. The van der Waals surface area contributed by atoms with E-state index in [2.05, 4.69) is 11.8 Å². The van der Waals surface area contributed by atoms with Crippen LogP contribution in [-0.2, 0) is 4.74 Å². The van der Waals surface area contributed by atoms with Gasteiger partial charge in [0.2, 0.25) is 0 Å². The van der Waals surface area contributed by atoms with E-state index in [0.29, 0.717) is 6.10 Å². The molecule has 1 heterocycles. The van der Waals surface area contributed by atoms with Crippen molar-refractivity contribution in [3.8, 4) is 0 Å². The van der Waals surface area contributed by atoms with Gasteiger partial charge in [0.05, 0.1) is 11.9 Å². The van der Waals surface area contributed by atoms with Crippen molar-refractivity contribution in [2.45, 2.75) is 46.1 Å². The summed E-state index contributed by atoms with van der Waals surface area (Å²) in [7, 11) is 0. The molecule has 1 unspecified atom stereocenters. The largest absolute Gasteiger partial charge is 0.387 e. The first-order valence-electron chi connectivity index (χ1n) is 6.64. The molecule has 0 saturated carbocycles. The van der Waals surface area contributed by atoms with Crippen molar-refractivity contribution in [3.05, 3.63) is 0 Å². The second kappa shape index (κ2) is 6.36. The number of ether oxygens (including phenoxy) is 1. The van der Waals surface area contributed by atoms with Crippen LogP contribution in [-0.4, -0.2) is 43.1 Å². The second-order valence-electron chi connectivity index (χ2n) is 5.58. The van der Waals surface area contributed by atoms with Gasteiger partial charge in [-0.05, 0) is 32.4 Å². The highest BCUT2D eigenvalue weighted by Crippen LogP contribution is 2.21. The molecule has 3 N–H and O–H groups in total. The maximum Gasteiger partial charge on any atom is 0.0963 e. The van der Waals surface area contributed by atoms with Gasteiger partial charge in [-0.3, -0.25) is 5.41 Å². The topological polar surface area (TPSA) is 62.3 Å². The molecule has 0 radical (unpaired) electrons. The SMILES string of the molecule is CCN(CCC(C)(C)C(=N)N)CC1CCCO1. The fourth-order valence-corrected chi connectivity index (χ4v) is 2.03. The third-order valence-corrected chi connectivity index (χ3v) is 3.72. The van der Waals surface area contributed by atoms with Crippen LogP contribution in [0.15, 0.2) is 0 Å². The highest BCUT2D eigenvalue weighted by Gasteiger charge is 2.24. The van der Waals surface area contributed by atoms with Crippen molar-refractivity contribution in [2.75, 3.05) is 26.2 Å². The van der Waals surface area contributed by atoms with Gasteiger partial charge in [-0.1, -0.05) is 20.8 Å². The van der Waals surface area contributed by atoms with Gasteiger partial charge >= 0.3 is 0 Å². The molecule has 0 bridgehead atoms. The number of nitrogens with one attached hydrogen (secondary N) is 1. The highest BCUT2D eigenvalue weighted by molar-refractivity contribution is 5.82. The predicted octanol–water partition coefficient (Wildman–Crippen LogP) is 1.84. The fraction of sp³-hybridized carbons (Fsp3) is 0.923. The minimum atomic E-state index is -0.191. The van der Waals surface area contributed by atoms with E-state index in [1.807, 2.05) is 13.8 Å². The summed E-state index contributed by atoms with van der Waals surface area (Å²) in [6, 6.07) is 0. The van der Waals surface area contributed by atoms with E-state index >= 15 is 0 Å². The Hall–Kier alpha value is -0.610. The lowest BCUT2D eigenvalue weighted by atomic mass is 9.88. The van der Waals surface area contributed by atoms with Gasteiger partial charge in [0, 0.05) is 18.6 Å². The minimum Gasteiger partial charge on any atom is -0.387 e. The van der Waals surface area contributed by atoms with Crippen molar-refractivity contribution >= 4 is 5.84 Å². The van der Waals surface area contributed by atoms with Gasteiger partial charge in [-0.2, -0.15) is 0 Å². The van der Waals surface area contributed by atoms with Crippen molar-refractivity contribution < 1.29 is 4.74 Å². The van der Waals surface area contributed by atoms with Crippen molar-refractivity contribution in [2.24, 2.45) is 11.1 Å². The summed E-state index contributed by atoms with van der Waals surface area (Å²) < 4.78 is 5.66. The molecule has 0 spiro atoms. The van der Waals surface area contributed by atoms with Gasteiger partial charge in [-0.15, -0.1) is 0 Å². The predicted molar refractivity (Wildman–Crippen MR) is 71.4 cm³/mol. The molecule has 17 heavy (non-hydrogen) atoms. The minimum absolute atomic E-state index is 0.191. The van der Waals surface area contributed by atoms with Crippen LogP contribution in [0.5, 0.6) is 0 Å². The Morgan fingerprint density at radius 1 is 1.53 bits per heavy atom. The molecule has 1 aliphatic heterocycles. The van der Waals surface area contributed by atoms with Gasteiger partial charge in [0.25, 0.3) is 0 Å². The average Bonchev–Trinajstić information content (AvgIpc) is 2.76. The lowest BCUT2D eigenvalue weighted by Gasteiger charge is -2.29. The zero-order valence-electron chi connectivity index (χ0n) is 11.5. The van der Waals surface area contributed by atoms with Crippen LogP contribution >= 0.6 is 0 Å². The van der Waals surface area contributed by atoms with E-state index < -0.39 is 0 Å². The molecule has 0 aliphatic carbocycles. The molecule has 1 atom stereocenters. The summed E-state index contributed by atoms with van der Waals surface area (Å²) in [4.78, 5) is 2.40. The maximum atomic E-state index is 7.56. The Kier molecular flexibility index (Phi) is 5.40. The first-order chi connectivity index (χ1) is 7.95. The van der Waals surface area contributed by atoms with E-state index in [1.54, 1.807) is 0 Å². The quantitative estimate of drug-likeness (QED) is 0.528. The van der Waals surface area contributed by atoms with Gasteiger partial charge in [0.1, 0.15) is 0 Å². The number of hydrogen-bond acceptors (Lipinski definition) is 3. The summed E-state index contributed by atoms with van der Waals surface area (Å²) in [5, 5.41) is 7.56. The average molecular weight is 241 g/mol. The molecule has 1 saturated heterocycles. The molecule has 1 fully saturated rings. The number of likely N-dealkylation sites (N-methyl/N-ethyl adjacent to an activating group) is 1. The summed E-state index contributed by atoms with van der Waals surface area (Å²) >= 11 is 0. The molecule has 4 nitrogen and oxygen atoms in total. The zero-order chi connectivity index (χ0) is 12.9. The van der Waals surface area contributed by atoms with Crippen LogP contribution in [0.2, 0.25) is 0 Å². The van der Waals surface area contributed by atoms with Gasteiger partial charge < -0.3 is 15.4 Å². The molecule has 0 amide bonds. The lowest BCUT2D eigenvalue weighted by Crippen LogP contribution is -2.38. The van der Waals surface area contributed by atoms with Crippen LogP contribution in [0.1, 0.15) is 40.0 Å². The Morgan fingerprint density at radius 2 is 2.24 bits per heavy atom. The van der Waals surface area contributed by atoms with Crippen LogP contribution < -0.4 is 5.73 Å². The molecule has 100 valence electrons. The summed E-state index contributed by atoms with van der Waals surface area (Å²) in [6.45, 7) is 10.2. The number of rotatable bonds is 7. The standard InChI is InChI=1S/C13H27N3O/c1-4-16(10-11-6-5-9-17-11)8-7-13(2,3)12(14)15/h11H,4-10H2,1-3H3,(H3,14,15). The summed E-state index contributed by atoms with van der Waals surface area (Å²) in [5.74, 6) is 0.283. The monoisotopic (exact) mass is 241 g/mol. The van der Waals surface area contributed by atoms with E-state index in [-0.39, 0.29) is 11.3 Å².